The summed E-state index contributed by atoms with van der Waals surface area (Å²) in [6.45, 7) is 3.78. The van der Waals surface area contributed by atoms with Crippen molar-refractivity contribution in [1.82, 2.24) is 0 Å². The number of ketones is 1. The number of benzene rings is 1. The van der Waals surface area contributed by atoms with Crippen LogP contribution in [-0.2, 0) is 6.42 Å². The molecule has 14 heavy (non-hydrogen) atoms. The lowest BCUT2D eigenvalue weighted by atomic mass is 10.0. The molecule has 0 saturated heterocycles. The first-order valence-electron chi connectivity index (χ1n) is 4.68. The third kappa shape index (κ3) is 2.43. The molecule has 1 rings (SSSR count). The minimum Gasteiger partial charge on any atom is -0.294 e. The van der Waals surface area contributed by atoms with E-state index in [1.165, 1.54) is 0 Å². The molecule has 0 heterocycles. The highest BCUT2D eigenvalue weighted by Gasteiger charge is 2.04. The largest absolute Gasteiger partial charge is 0.294 e. The van der Waals surface area contributed by atoms with Crippen molar-refractivity contribution in [1.29, 1.82) is 5.26 Å². The predicted octanol–water partition coefficient (Wildman–Crippen LogP) is 2.65. The van der Waals surface area contributed by atoms with E-state index in [-0.39, 0.29) is 5.78 Å². The minimum atomic E-state index is 0.132. The van der Waals surface area contributed by atoms with E-state index in [1.807, 2.05) is 32.0 Å². The van der Waals surface area contributed by atoms with Gasteiger partial charge in [-0.25, -0.2) is 0 Å². The van der Waals surface area contributed by atoms with Crippen LogP contribution in [0.1, 0.15) is 34.8 Å². The lowest BCUT2D eigenvalue weighted by Gasteiger charge is -2.03. The van der Waals surface area contributed by atoms with E-state index in [2.05, 4.69) is 6.07 Å². The molecule has 72 valence electrons. The van der Waals surface area contributed by atoms with Crippen LogP contribution in [0.3, 0.4) is 0 Å². The second-order valence-corrected chi connectivity index (χ2v) is 3.32. The number of hydrogen-bond acceptors (Lipinski definition) is 2. The highest BCUT2D eigenvalue weighted by atomic mass is 16.1. The van der Waals surface area contributed by atoms with Gasteiger partial charge in [0.1, 0.15) is 0 Å². The third-order valence-corrected chi connectivity index (χ3v) is 2.06. The molecule has 0 bridgehead atoms. The summed E-state index contributed by atoms with van der Waals surface area (Å²) >= 11 is 0. The minimum absolute atomic E-state index is 0.132. The Kier molecular flexibility index (Phi) is 3.41. The number of rotatable bonds is 3. The van der Waals surface area contributed by atoms with Crippen LogP contribution >= 0.6 is 0 Å². The van der Waals surface area contributed by atoms with Crippen molar-refractivity contribution in [2.45, 2.75) is 26.7 Å². The highest BCUT2D eigenvalue weighted by molar-refractivity contribution is 5.96. The standard InChI is InChI=1S/C12H13NO/c1-3-12(14)11-7-9(2)6-10(8-11)4-5-13/h6-8H,3-4H2,1-2H3. The molecule has 2 heteroatoms. The molecule has 0 unspecified atom stereocenters. The average Bonchev–Trinajstić information content (AvgIpc) is 2.16. The number of nitrogens with zero attached hydrogens (tertiary/aromatic N) is 1. The number of aryl methyl sites for hydroxylation is 1. The Balaban J connectivity index is 3.08. The third-order valence-electron chi connectivity index (χ3n) is 2.06. The smallest absolute Gasteiger partial charge is 0.162 e. The van der Waals surface area contributed by atoms with Crippen molar-refractivity contribution in [3.8, 4) is 6.07 Å². The van der Waals surface area contributed by atoms with Gasteiger partial charge in [0.05, 0.1) is 12.5 Å². The summed E-state index contributed by atoms with van der Waals surface area (Å²) in [6, 6.07) is 7.70. The van der Waals surface area contributed by atoms with E-state index in [9.17, 15) is 4.79 Å². The molecule has 0 aliphatic heterocycles. The summed E-state index contributed by atoms with van der Waals surface area (Å²) < 4.78 is 0. The fourth-order valence-electron chi connectivity index (χ4n) is 1.42. The molecule has 1 aromatic carbocycles. The summed E-state index contributed by atoms with van der Waals surface area (Å²) in [5.41, 5.74) is 2.68. The average molecular weight is 187 g/mol. The Morgan fingerprint density at radius 2 is 2.14 bits per heavy atom. The molecule has 0 saturated carbocycles. The van der Waals surface area contributed by atoms with Crippen molar-refractivity contribution < 1.29 is 4.79 Å². The van der Waals surface area contributed by atoms with Gasteiger partial charge < -0.3 is 0 Å². The molecule has 0 aromatic heterocycles. The molecule has 0 N–H and O–H groups in total. The van der Waals surface area contributed by atoms with Crippen LogP contribution in [0.4, 0.5) is 0 Å². The number of hydrogen-bond donors (Lipinski definition) is 0. The maximum atomic E-state index is 11.4. The second-order valence-electron chi connectivity index (χ2n) is 3.32. The fourth-order valence-corrected chi connectivity index (χ4v) is 1.42. The van der Waals surface area contributed by atoms with Gasteiger partial charge in [0.15, 0.2) is 5.78 Å². The first-order valence-corrected chi connectivity index (χ1v) is 4.68. The Hall–Kier alpha value is -1.62. The molecule has 0 atom stereocenters. The molecular weight excluding hydrogens is 174 g/mol. The Morgan fingerprint density at radius 3 is 2.71 bits per heavy atom. The maximum absolute atomic E-state index is 11.4. The SMILES string of the molecule is CCC(=O)c1cc(C)cc(CC#N)c1. The molecule has 2 nitrogen and oxygen atoms in total. The van der Waals surface area contributed by atoms with E-state index >= 15 is 0 Å². The van der Waals surface area contributed by atoms with Crippen molar-refractivity contribution in [3.63, 3.8) is 0 Å². The molecule has 0 aliphatic carbocycles. The summed E-state index contributed by atoms with van der Waals surface area (Å²) in [7, 11) is 0. The molecule has 0 radical (unpaired) electrons. The first kappa shape index (κ1) is 10.5. The zero-order valence-corrected chi connectivity index (χ0v) is 8.50. The van der Waals surface area contributed by atoms with Gasteiger partial charge in [-0.1, -0.05) is 18.6 Å². The fraction of sp³-hybridized carbons (Fsp3) is 0.333. The van der Waals surface area contributed by atoms with E-state index in [4.69, 9.17) is 5.26 Å². The van der Waals surface area contributed by atoms with Gasteiger partial charge in [0.2, 0.25) is 0 Å². The molecule has 0 aliphatic rings. The number of carbonyl (C=O) groups excluding carboxylic acids is 1. The van der Waals surface area contributed by atoms with Gasteiger partial charge in [0, 0.05) is 12.0 Å². The lowest BCUT2D eigenvalue weighted by Crippen LogP contribution is -1.98. The molecular formula is C12H13NO. The van der Waals surface area contributed by atoms with Gasteiger partial charge in [-0.15, -0.1) is 0 Å². The first-order chi connectivity index (χ1) is 6.67. The number of nitriles is 1. The Morgan fingerprint density at radius 1 is 1.43 bits per heavy atom. The maximum Gasteiger partial charge on any atom is 0.162 e. The summed E-state index contributed by atoms with van der Waals surface area (Å²) in [4.78, 5) is 11.4. The van der Waals surface area contributed by atoms with Crippen LogP contribution in [0.25, 0.3) is 0 Å². The highest BCUT2D eigenvalue weighted by Crippen LogP contribution is 2.12. The topological polar surface area (TPSA) is 40.9 Å². The van der Waals surface area contributed by atoms with Crippen molar-refractivity contribution >= 4 is 5.78 Å². The number of Topliss-reactive ketones (excluding diaryl/α,β-unsaturated/α-hetero) is 1. The van der Waals surface area contributed by atoms with E-state index in [0.717, 1.165) is 16.7 Å². The molecule has 0 fully saturated rings. The second kappa shape index (κ2) is 4.57. The zero-order chi connectivity index (χ0) is 10.6. The van der Waals surface area contributed by atoms with Crippen LogP contribution in [0.2, 0.25) is 0 Å². The van der Waals surface area contributed by atoms with Gasteiger partial charge in [-0.2, -0.15) is 5.26 Å². The van der Waals surface area contributed by atoms with Crippen molar-refractivity contribution in [3.05, 3.63) is 34.9 Å². The zero-order valence-electron chi connectivity index (χ0n) is 8.50. The van der Waals surface area contributed by atoms with Gasteiger partial charge in [0.25, 0.3) is 0 Å². The van der Waals surface area contributed by atoms with Crippen LogP contribution < -0.4 is 0 Å². The van der Waals surface area contributed by atoms with Gasteiger partial charge in [-0.05, 0) is 24.6 Å². The van der Waals surface area contributed by atoms with Gasteiger partial charge >= 0.3 is 0 Å². The predicted molar refractivity (Wildman–Crippen MR) is 55.1 cm³/mol. The Bertz CT molecular complexity index is 388. The van der Waals surface area contributed by atoms with E-state index in [0.29, 0.717) is 12.8 Å². The molecule has 1 aromatic rings. The van der Waals surface area contributed by atoms with Gasteiger partial charge in [-0.3, -0.25) is 4.79 Å². The van der Waals surface area contributed by atoms with Crippen molar-refractivity contribution in [2.24, 2.45) is 0 Å². The normalized spacial score (nSPS) is 9.50. The van der Waals surface area contributed by atoms with Crippen LogP contribution in [-0.4, -0.2) is 5.78 Å². The van der Waals surface area contributed by atoms with Crippen molar-refractivity contribution in [2.75, 3.05) is 0 Å². The molecule has 0 amide bonds. The quantitative estimate of drug-likeness (QED) is 0.682. The van der Waals surface area contributed by atoms with E-state index in [1.54, 1.807) is 0 Å². The molecule has 0 spiro atoms. The van der Waals surface area contributed by atoms with E-state index < -0.39 is 0 Å². The summed E-state index contributed by atoms with van der Waals surface area (Å²) in [6.07, 6.45) is 0.876. The van der Waals surface area contributed by atoms with Crippen LogP contribution in [0.15, 0.2) is 18.2 Å². The number of carbonyl (C=O) groups is 1. The Labute approximate surface area is 84.2 Å². The summed E-state index contributed by atoms with van der Waals surface area (Å²) in [5, 5.41) is 8.56. The van der Waals surface area contributed by atoms with Crippen LogP contribution in [0, 0.1) is 18.3 Å². The monoisotopic (exact) mass is 187 g/mol. The lowest BCUT2D eigenvalue weighted by molar-refractivity contribution is 0.0988. The summed E-state index contributed by atoms with van der Waals surface area (Å²) in [5.74, 6) is 0.132. The van der Waals surface area contributed by atoms with Crippen LogP contribution in [0.5, 0.6) is 0 Å².